The highest BCUT2D eigenvalue weighted by atomic mass is 35.5. The number of anilines is 1. The van der Waals surface area contributed by atoms with Gasteiger partial charge in [-0.15, -0.1) is 12.4 Å². The van der Waals surface area contributed by atoms with Crippen LogP contribution in [0.2, 0.25) is 0 Å². The molecule has 1 amide bonds. The Morgan fingerprint density at radius 1 is 1.25 bits per heavy atom. The number of hydrogen-bond donors (Lipinski definition) is 2. The number of rotatable bonds is 8. The highest BCUT2D eigenvalue weighted by Gasteiger charge is 2.02. The summed E-state index contributed by atoms with van der Waals surface area (Å²) in [6.07, 6.45) is 1.44. The van der Waals surface area contributed by atoms with E-state index in [4.69, 9.17) is 10.5 Å². The third kappa shape index (κ3) is 8.77. The normalized spacial score (nSPS) is 10.2. The van der Waals surface area contributed by atoms with Crippen molar-refractivity contribution in [2.24, 2.45) is 5.92 Å². The molecule has 114 valence electrons. The third-order valence-corrected chi connectivity index (χ3v) is 2.75. The topological polar surface area (TPSA) is 64.3 Å². The molecule has 0 radical (unpaired) electrons. The Morgan fingerprint density at radius 2 is 1.90 bits per heavy atom. The first kappa shape index (κ1) is 18.7. The number of nitrogens with one attached hydrogen (secondary N) is 1. The molecule has 0 aliphatic heterocycles. The Hall–Kier alpha value is -1.26. The van der Waals surface area contributed by atoms with Crippen molar-refractivity contribution < 1.29 is 9.53 Å². The van der Waals surface area contributed by atoms with E-state index in [9.17, 15) is 4.79 Å². The number of ether oxygens (including phenoxy) is 1. The van der Waals surface area contributed by atoms with Crippen molar-refractivity contribution >= 4 is 24.0 Å². The Labute approximate surface area is 127 Å². The maximum absolute atomic E-state index is 11.6. The molecule has 0 spiro atoms. The lowest BCUT2D eigenvalue weighted by molar-refractivity contribution is -0.120. The molecule has 0 saturated heterocycles. The minimum atomic E-state index is 0. The molecule has 1 rings (SSSR count). The molecule has 3 N–H and O–H groups in total. The minimum Gasteiger partial charge on any atom is -0.399 e. The second kappa shape index (κ2) is 10.5. The summed E-state index contributed by atoms with van der Waals surface area (Å²) in [4.78, 5) is 11.6. The van der Waals surface area contributed by atoms with Gasteiger partial charge in [0.2, 0.25) is 5.91 Å². The molecular formula is C15H25ClN2O2. The molecule has 0 saturated carbocycles. The standard InChI is InChI=1S/C15H24N2O2.ClH/c1-12(2)7-9-19-10-8-17-15(18)11-13-3-5-14(16)6-4-13;/h3-6,12H,7-11,16H2,1-2H3,(H,17,18);1H. The summed E-state index contributed by atoms with van der Waals surface area (Å²) in [5.41, 5.74) is 7.26. The molecular weight excluding hydrogens is 276 g/mol. The smallest absolute Gasteiger partial charge is 0.224 e. The zero-order valence-electron chi connectivity index (χ0n) is 12.2. The maximum atomic E-state index is 11.6. The van der Waals surface area contributed by atoms with Gasteiger partial charge in [-0.25, -0.2) is 0 Å². The van der Waals surface area contributed by atoms with Gasteiger partial charge in [-0.2, -0.15) is 0 Å². The number of carbonyl (C=O) groups is 1. The number of nitrogens with two attached hydrogens (primary N) is 1. The molecule has 1 aromatic carbocycles. The van der Waals surface area contributed by atoms with Crippen LogP contribution in [0.25, 0.3) is 0 Å². The zero-order chi connectivity index (χ0) is 14.1. The summed E-state index contributed by atoms with van der Waals surface area (Å²) in [5.74, 6) is 0.664. The van der Waals surface area contributed by atoms with E-state index in [1.807, 2.05) is 12.1 Å². The van der Waals surface area contributed by atoms with Gasteiger partial charge >= 0.3 is 0 Å². The quantitative estimate of drug-likeness (QED) is 0.572. The monoisotopic (exact) mass is 300 g/mol. The lowest BCUT2D eigenvalue weighted by atomic mass is 10.1. The first-order valence-corrected chi connectivity index (χ1v) is 6.77. The van der Waals surface area contributed by atoms with E-state index < -0.39 is 0 Å². The van der Waals surface area contributed by atoms with Gasteiger partial charge in [0.25, 0.3) is 0 Å². The van der Waals surface area contributed by atoms with Crippen LogP contribution in [0, 0.1) is 5.92 Å². The van der Waals surface area contributed by atoms with Crippen molar-refractivity contribution in [3.8, 4) is 0 Å². The first-order valence-electron chi connectivity index (χ1n) is 6.77. The molecule has 5 heteroatoms. The van der Waals surface area contributed by atoms with Crippen LogP contribution in [0.1, 0.15) is 25.8 Å². The molecule has 0 atom stereocenters. The zero-order valence-corrected chi connectivity index (χ0v) is 13.0. The van der Waals surface area contributed by atoms with Crippen LogP contribution in [0.15, 0.2) is 24.3 Å². The average Bonchev–Trinajstić information content (AvgIpc) is 2.36. The van der Waals surface area contributed by atoms with E-state index in [2.05, 4.69) is 19.2 Å². The van der Waals surface area contributed by atoms with Crippen LogP contribution in [-0.4, -0.2) is 25.7 Å². The van der Waals surface area contributed by atoms with Crippen molar-refractivity contribution in [1.82, 2.24) is 5.32 Å². The maximum Gasteiger partial charge on any atom is 0.224 e. The second-order valence-electron chi connectivity index (χ2n) is 5.06. The summed E-state index contributed by atoms with van der Waals surface area (Å²) < 4.78 is 5.43. The number of benzene rings is 1. The van der Waals surface area contributed by atoms with Gasteiger partial charge in [0.15, 0.2) is 0 Å². The van der Waals surface area contributed by atoms with E-state index in [1.165, 1.54) is 0 Å². The summed E-state index contributed by atoms with van der Waals surface area (Å²) >= 11 is 0. The Balaban J connectivity index is 0.00000361. The Morgan fingerprint density at radius 3 is 2.50 bits per heavy atom. The Bertz CT molecular complexity index is 380. The fraction of sp³-hybridized carbons (Fsp3) is 0.533. The number of carbonyl (C=O) groups excluding carboxylic acids is 1. The van der Waals surface area contributed by atoms with Crippen LogP contribution in [0.4, 0.5) is 5.69 Å². The van der Waals surface area contributed by atoms with Gasteiger partial charge in [-0.05, 0) is 30.0 Å². The molecule has 1 aromatic rings. The molecule has 0 aliphatic carbocycles. The van der Waals surface area contributed by atoms with Crippen molar-refractivity contribution in [2.45, 2.75) is 26.7 Å². The van der Waals surface area contributed by atoms with Gasteiger partial charge in [0.1, 0.15) is 0 Å². The van der Waals surface area contributed by atoms with Crippen LogP contribution in [0.5, 0.6) is 0 Å². The molecule has 4 nitrogen and oxygen atoms in total. The molecule has 0 bridgehead atoms. The summed E-state index contributed by atoms with van der Waals surface area (Å²) in [5, 5.41) is 2.84. The predicted molar refractivity (Wildman–Crippen MR) is 85.1 cm³/mol. The minimum absolute atomic E-state index is 0. The molecule has 0 aliphatic rings. The Kier molecular flexibility index (Phi) is 9.86. The van der Waals surface area contributed by atoms with Crippen molar-refractivity contribution in [3.05, 3.63) is 29.8 Å². The van der Waals surface area contributed by atoms with E-state index in [-0.39, 0.29) is 18.3 Å². The summed E-state index contributed by atoms with van der Waals surface area (Å²) in [6, 6.07) is 7.34. The highest BCUT2D eigenvalue weighted by Crippen LogP contribution is 2.05. The number of halogens is 1. The van der Waals surface area contributed by atoms with Crippen LogP contribution in [-0.2, 0) is 16.0 Å². The van der Waals surface area contributed by atoms with E-state index in [1.54, 1.807) is 12.1 Å². The fourth-order valence-corrected chi connectivity index (χ4v) is 1.57. The number of hydrogen-bond acceptors (Lipinski definition) is 3. The summed E-state index contributed by atoms with van der Waals surface area (Å²) in [7, 11) is 0. The van der Waals surface area contributed by atoms with Crippen molar-refractivity contribution in [2.75, 3.05) is 25.5 Å². The number of nitrogen functional groups attached to an aromatic ring is 1. The average molecular weight is 301 g/mol. The van der Waals surface area contributed by atoms with Crippen LogP contribution < -0.4 is 11.1 Å². The first-order chi connectivity index (χ1) is 9.08. The van der Waals surface area contributed by atoms with E-state index in [0.717, 1.165) is 18.6 Å². The number of amides is 1. The van der Waals surface area contributed by atoms with E-state index >= 15 is 0 Å². The SMILES string of the molecule is CC(C)CCOCCNC(=O)Cc1ccc(N)cc1.Cl. The van der Waals surface area contributed by atoms with Crippen molar-refractivity contribution in [1.29, 1.82) is 0 Å². The highest BCUT2D eigenvalue weighted by molar-refractivity contribution is 5.85. The van der Waals surface area contributed by atoms with E-state index in [0.29, 0.717) is 31.2 Å². The van der Waals surface area contributed by atoms with Gasteiger partial charge in [0, 0.05) is 18.8 Å². The van der Waals surface area contributed by atoms with Gasteiger partial charge in [-0.3, -0.25) is 4.79 Å². The van der Waals surface area contributed by atoms with Crippen LogP contribution >= 0.6 is 12.4 Å². The molecule has 0 unspecified atom stereocenters. The molecule has 0 aromatic heterocycles. The lowest BCUT2D eigenvalue weighted by Crippen LogP contribution is -2.28. The van der Waals surface area contributed by atoms with Gasteiger partial charge in [-0.1, -0.05) is 26.0 Å². The fourth-order valence-electron chi connectivity index (χ4n) is 1.57. The van der Waals surface area contributed by atoms with Gasteiger partial charge < -0.3 is 15.8 Å². The van der Waals surface area contributed by atoms with Crippen LogP contribution in [0.3, 0.4) is 0 Å². The third-order valence-electron chi connectivity index (χ3n) is 2.75. The predicted octanol–water partition coefficient (Wildman–Crippen LogP) is 2.41. The molecule has 0 heterocycles. The second-order valence-corrected chi connectivity index (χ2v) is 5.06. The summed E-state index contributed by atoms with van der Waals surface area (Å²) in [6.45, 7) is 6.22. The largest absolute Gasteiger partial charge is 0.399 e. The van der Waals surface area contributed by atoms with Crippen molar-refractivity contribution in [3.63, 3.8) is 0 Å². The molecule has 0 fully saturated rings. The molecule has 20 heavy (non-hydrogen) atoms. The lowest BCUT2D eigenvalue weighted by Gasteiger charge is -2.08. The van der Waals surface area contributed by atoms with Gasteiger partial charge in [0.05, 0.1) is 13.0 Å².